The lowest BCUT2D eigenvalue weighted by Crippen LogP contribution is -2.39. The van der Waals surface area contributed by atoms with Gasteiger partial charge >= 0.3 is 12.1 Å². The fourth-order valence-electron chi connectivity index (χ4n) is 4.20. The van der Waals surface area contributed by atoms with Crippen molar-refractivity contribution in [1.82, 2.24) is 14.7 Å². The number of amides is 1. The molecule has 0 bridgehead atoms. The third kappa shape index (κ3) is 4.61. The van der Waals surface area contributed by atoms with Gasteiger partial charge in [0.2, 0.25) is 0 Å². The van der Waals surface area contributed by atoms with Gasteiger partial charge in [-0.2, -0.15) is 13.2 Å². The SMILES string of the molecule is O=C(NC1CCC(C(=O)O)CC1)c1ncn2cccc(Cc3ccc(C(F)(F)F)cc3)c12. The molecule has 32 heavy (non-hydrogen) atoms. The fraction of sp³-hybridized carbons (Fsp3) is 0.348. The number of pyridine rings is 1. The van der Waals surface area contributed by atoms with Crippen molar-refractivity contribution >= 4 is 17.4 Å². The predicted molar refractivity (Wildman–Crippen MR) is 110 cm³/mol. The molecule has 1 amide bonds. The Labute approximate surface area is 182 Å². The van der Waals surface area contributed by atoms with Crippen molar-refractivity contribution in [3.63, 3.8) is 0 Å². The highest BCUT2D eigenvalue weighted by Gasteiger charge is 2.30. The zero-order valence-electron chi connectivity index (χ0n) is 17.1. The van der Waals surface area contributed by atoms with Crippen LogP contribution in [0.1, 0.15) is 52.9 Å². The third-order valence-corrected chi connectivity index (χ3v) is 5.94. The molecule has 2 aromatic heterocycles. The number of hydrogen-bond acceptors (Lipinski definition) is 3. The van der Waals surface area contributed by atoms with E-state index in [9.17, 15) is 22.8 Å². The summed E-state index contributed by atoms with van der Waals surface area (Å²) in [6.07, 6.45) is 1.46. The first-order chi connectivity index (χ1) is 15.2. The van der Waals surface area contributed by atoms with Gasteiger partial charge in [0.05, 0.1) is 17.0 Å². The predicted octanol–water partition coefficient (Wildman–Crippen LogP) is 4.32. The minimum absolute atomic E-state index is 0.114. The van der Waals surface area contributed by atoms with Crippen LogP contribution in [0.25, 0.3) is 5.52 Å². The van der Waals surface area contributed by atoms with E-state index in [-0.39, 0.29) is 23.6 Å². The molecular formula is C23H22F3N3O3. The summed E-state index contributed by atoms with van der Waals surface area (Å²) < 4.78 is 40.2. The summed E-state index contributed by atoms with van der Waals surface area (Å²) >= 11 is 0. The van der Waals surface area contributed by atoms with Gasteiger partial charge in [0.1, 0.15) is 6.33 Å². The number of carbonyl (C=O) groups excluding carboxylic acids is 1. The Morgan fingerprint density at radius 2 is 1.78 bits per heavy atom. The molecule has 1 fully saturated rings. The lowest BCUT2D eigenvalue weighted by Gasteiger charge is -2.26. The molecule has 4 rings (SSSR count). The van der Waals surface area contributed by atoms with Crippen LogP contribution in [0.5, 0.6) is 0 Å². The van der Waals surface area contributed by atoms with Crippen LogP contribution < -0.4 is 5.32 Å². The van der Waals surface area contributed by atoms with Gasteiger partial charge < -0.3 is 14.8 Å². The zero-order chi connectivity index (χ0) is 22.9. The molecule has 1 saturated carbocycles. The van der Waals surface area contributed by atoms with Gasteiger partial charge in [0, 0.05) is 12.2 Å². The van der Waals surface area contributed by atoms with Gasteiger partial charge in [-0.25, -0.2) is 4.98 Å². The average molecular weight is 445 g/mol. The second kappa shape index (κ2) is 8.64. The third-order valence-electron chi connectivity index (χ3n) is 5.94. The van der Waals surface area contributed by atoms with Crippen molar-refractivity contribution in [3.8, 4) is 0 Å². The Hall–Kier alpha value is -3.36. The molecular weight excluding hydrogens is 423 g/mol. The highest BCUT2D eigenvalue weighted by atomic mass is 19.4. The maximum Gasteiger partial charge on any atom is 0.416 e. The molecule has 2 N–H and O–H groups in total. The Kier molecular flexibility index (Phi) is 5.90. The number of aliphatic carboxylic acids is 1. The summed E-state index contributed by atoms with van der Waals surface area (Å²) in [4.78, 5) is 28.3. The summed E-state index contributed by atoms with van der Waals surface area (Å²) in [5.41, 5.74) is 1.59. The summed E-state index contributed by atoms with van der Waals surface area (Å²) in [5.74, 6) is -1.51. The maximum absolute atomic E-state index is 12.9. The molecule has 168 valence electrons. The van der Waals surface area contributed by atoms with Crippen LogP contribution in [0.15, 0.2) is 48.9 Å². The first-order valence-electron chi connectivity index (χ1n) is 10.4. The number of hydrogen-bond donors (Lipinski definition) is 2. The van der Waals surface area contributed by atoms with Crippen molar-refractivity contribution in [2.45, 2.75) is 44.3 Å². The summed E-state index contributed by atoms with van der Waals surface area (Å²) in [6.45, 7) is 0. The average Bonchev–Trinajstić information content (AvgIpc) is 3.19. The van der Waals surface area contributed by atoms with Gasteiger partial charge in [-0.05, 0) is 61.4 Å². The van der Waals surface area contributed by atoms with Gasteiger partial charge in [0.25, 0.3) is 5.91 Å². The van der Waals surface area contributed by atoms with Gasteiger partial charge in [0.15, 0.2) is 5.69 Å². The van der Waals surface area contributed by atoms with E-state index in [1.165, 1.54) is 18.5 Å². The molecule has 3 aromatic rings. The molecule has 0 saturated heterocycles. The van der Waals surface area contributed by atoms with Gasteiger partial charge in [-0.1, -0.05) is 18.2 Å². The molecule has 0 atom stereocenters. The maximum atomic E-state index is 12.9. The van der Waals surface area contributed by atoms with Crippen molar-refractivity contribution in [1.29, 1.82) is 0 Å². The highest BCUT2D eigenvalue weighted by Crippen LogP contribution is 2.30. The minimum atomic E-state index is -4.39. The van der Waals surface area contributed by atoms with Crippen LogP contribution in [-0.4, -0.2) is 32.4 Å². The number of benzene rings is 1. The molecule has 1 aromatic carbocycles. The number of nitrogens with one attached hydrogen (secondary N) is 1. The van der Waals surface area contributed by atoms with Crippen LogP contribution in [-0.2, 0) is 17.4 Å². The Morgan fingerprint density at radius 3 is 2.41 bits per heavy atom. The monoisotopic (exact) mass is 445 g/mol. The first kappa shape index (κ1) is 21.9. The summed E-state index contributed by atoms with van der Waals surface area (Å²) in [5, 5.41) is 12.1. The van der Waals surface area contributed by atoms with Crippen molar-refractivity contribution in [2.75, 3.05) is 0 Å². The molecule has 2 heterocycles. The number of carboxylic acid groups (broad SMARTS) is 1. The van der Waals surface area contributed by atoms with Crippen molar-refractivity contribution in [2.24, 2.45) is 5.92 Å². The molecule has 9 heteroatoms. The van der Waals surface area contributed by atoms with Crippen LogP contribution in [0.3, 0.4) is 0 Å². The molecule has 0 spiro atoms. The number of fused-ring (bicyclic) bond motifs is 1. The highest BCUT2D eigenvalue weighted by molar-refractivity contribution is 6.00. The largest absolute Gasteiger partial charge is 0.481 e. The molecule has 6 nitrogen and oxygen atoms in total. The Morgan fingerprint density at radius 1 is 1.09 bits per heavy atom. The van der Waals surface area contributed by atoms with E-state index < -0.39 is 17.7 Å². The van der Waals surface area contributed by atoms with Gasteiger partial charge in [-0.3, -0.25) is 9.59 Å². The fourth-order valence-corrected chi connectivity index (χ4v) is 4.20. The lowest BCUT2D eigenvalue weighted by molar-refractivity contribution is -0.143. The number of aromatic nitrogens is 2. The van der Waals surface area contributed by atoms with E-state index in [4.69, 9.17) is 5.11 Å². The van der Waals surface area contributed by atoms with Gasteiger partial charge in [-0.15, -0.1) is 0 Å². The zero-order valence-corrected chi connectivity index (χ0v) is 17.1. The van der Waals surface area contributed by atoms with E-state index in [0.717, 1.165) is 17.7 Å². The van der Waals surface area contributed by atoms with Crippen molar-refractivity contribution in [3.05, 3.63) is 71.3 Å². The van der Waals surface area contributed by atoms with E-state index in [1.54, 1.807) is 16.7 Å². The second-order valence-corrected chi connectivity index (χ2v) is 8.11. The van der Waals surface area contributed by atoms with E-state index in [2.05, 4.69) is 10.3 Å². The molecule has 1 aliphatic rings. The minimum Gasteiger partial charge on any atom is -0.481 e. The number of carboxylic acids is 1. The second-order valence-electron chi connectivity index (χ2n) is 8.11. The molecule has 0 aliphatic heterocycles. The topological polar surface area (TPSA) is 83.7 Å². The van der Waals surface area contributed by atoms with E-state index in [1.807, 2.05) is 6.07 Å². The van der Waals surface area contributed by atoms with Crippen LogP contribution in [0.4, 0.5) is 13.2 Å². The number of imidazole rings is 1. The van der Waals surface area contributed by atoms with Crippen LogP contribution in [0.2, 0.25) is 0 Å². The number of nitrogens with zero attached hydrogens (tertiary/aromatic N) is 2. The number of alkyl halides is 3. The van der Waals surface area contributed by atoms with E-state index in [0.29, 0.717) is 43.2 Å². The smallest absolute Gasteiger partial charge is 0.416 e. The molecule has 0 unspecified atom stereocenters. The Balaban J connectivity index is 1.53. The number of rotatable bonds is 5. The van der Waals surface area contributed by atoms with E-state index >= 15 is 0 Å². The number of halogens is 3. The standard InChI is InChI=1S/C23H22F3N3O3/c24-23(25,26)17-7-3-14(4-8-17)12-16-2-1-11-29-13-27-19(20(16)29)21(30)28-18-9-5-15(6-10-18)22(31)32/h1-4,7-8,11,13,15,18H,5-6,9-10,12H2,(H,28,30)(H,31,32). The Bertz CT molecular complexity index is 1130. The molecule has 1 aliphatic carbocycles. The van der Waals surface area contributed by atoms with Crippen LogP contribution >= 0.6 is 0 Å². The summed E-state index contributed by atoms with van der Waals surface area (Å²) in [7, 11) is 0. The van der Waals surface area contributed by atoms with Crippen LogP contribution in [0, 0.1) is 5.92 Å². The normalized spacial score (nSPS) is 19.1. The summed E-state index contributed by atoms with van der Waals surface area (Å²) in [6, 6.07) is 8.47. The van der Waals surface area contributed by atoms with Crippen molar-refractivity contribution < 1.29 is 27.9 Å². The molecule has 0 radical (unpaired) electrons. The first-order valence-corrected chi connectivity index (χ1v) is 10.4. The quantitative estimate of drug-likeness (QED) is 0.613. The lowest BCUT2D eigenvalue weighted by atomic mass is 9.86. The number of carbonyl (C=O) groups is 2.